The van der Waals surface area contributed by atoms with E-state index in [1.54, 1.807) is 42.5 Å². The van der Waals surface area contributed by atoms with Gasteiger partial charge in [-0.15, -0.1) is 0 Å². The summed E-state index contributed by atoms with van der Waals surface area (Å²) in [7, 11) is 2.95. The number of methoxy groups -OCH3 is 1. The van der Waals surface area contributed by atoms with Gasteiger partial charge in [-0.2, -0.15) is 5.26 Å². The molecule has 1 fully saturated rings. The quantitative estimate of drug-likeness (QED) is 0.533. The van der Waals surface area contributed by atoms with Crippen LogP contribution in [-0.2, 0) is 16.0 Å². The summed E-state index contributed by atoms with van der Waals surface area (Å²) in [4.78, 5) is 27.0. The van der Waals surface area contributed by atoms with Gasteiger partial charge in [0.05, 0.1) is 18.0 Å². The molecule has 0 radical (unpaired) electrons. The van der Waals surface area contributed by atoms with Crippen LogP contribution in [0.5, 0.6) is 5.75 Å². The van der Waals surface area contributed by atoms with Crippen LogP contribution in [0.4, 0.5) is 5.69 Å². The van der Waals surface area contributed by atoms with Crippen molar-refractivity contribution in [1.29, 1.82) is 5.26 Å². The summed E-state index contributed by atoms with van der Waals surface area (Å²) < 4.78 is 5.25. The van der Waals surface area contributed by atoms with E-state index in [4.69, 9.17) is 27.9 Å². The summed E-state index contributed by atoms with van der Waals surface area (Å²) in [6, 6.07) is 13.8. The number of rotatable bonds is 5. The number of benzene rings is 2. The molecule has 30 heavy (non-hydrogen) atoms. The average molecular weight is 462 g/mol. The minimum absolute atomic E-state index is 0.140. The van der Waals surface area contributed by atoms with E-state index in [-0.39, 0.29) is 16.5 Å². The molecule has 1 aliphatic heterocycles. The van der Waals surface area contributed by atoms with Crippen molar-refractivity contribution < 1.29 is 14.3 Å². The molecule has 1 aliphatic rings. The molecule has 9 heteroatoms. The molecule has 0 bridgehead atoms. The van der Waals surface area contributed by atoms with Crippen LogP contribution < -0.4 is 15.0 Å². The highest BCUT2D eigenvalue weighted by Gasteiger charge is 2.41. The van der Waals surface area contributed by atoms with E-state index < -0.39 is 11.2 Å². The smallest absolute Gasteiger partial charge is 0.264 e. The first-order valence-corrected chi connectivity index (χ1v) is 10.5. The van der Waals surface area contributed by atoms with Crippen LogP contribution in [0.1, 0.15) is 5.56 Å². The number of ether oxygens (including phenoxy) is 1. The first-order valence-electron chi connectivity index (χ1n) is 8.84. The summed E-state index contributed by atoms with van der Waals surface area (Å²) in [6.07, 6.45) is 0.291. The predicted octanol–water partition coefficient (Wildman–Crippen LogP) is 4.17. The Bertz CT molecular complexity index is 1080. The zero-order valence-corrected chi connectivity index (χ0v) is 18.4. The van der Waals surface area contributed by atoms with Gasteiger partial charge in [-0.3, -0.25) is 14.5 Å². The van der Waals surface area contributed by atoms with Crippen LogP contribution in [0, 0.1) is 11.3 Å². The first kappa shape index (κ1) is 22.0. The highest BCUT2D eigenvalue weighted by atomic mass is 35.5. The molecule has 2 amide bonds. The van der Waals surface area contributed by atoms with Crippen LogP contribution in [0.25, 0.3) is 0 Å². The number of hydrogen-bond donors (Lipinski definition) is 1. The molecule has 0 unspecified atom stereocenters. The highest BCUT2D eigenvalue weighted by molar-refractivity contribution is 8.05. The SMILES string of the molecule is CNC(=O)/C(C#N)=C1\S[C@@H](Cc2cc(Cl)ccc2Cl)C(=O)N1c1cccc(OC)c1. The van der Waals surface area contributed by atoms with Gasteiger partial charge in [0.15, 0.2) is 0 Å². The Balaban J connectivity index is 2.08. The number of carbonyl (C=O) groups excluding carboxylic acids is 2. The van der Waals surface area contributed by atoms with E-state index in [2.05, 4.69) is 5.32 Å². The van der Waals surface area contributed by atoms with E-state index in [9.17, 15) is 14.9 Å². The molecule has 2 aromatic carbocycles. The molecule has 2 aromatic rings. The molecule has 0 aliphatic carbocycles. The fourth-order valence-electron chi connectivity index (χ4n) is 3.00. The third-order valence-electron chi connectivity index (χ3n) is 4.46. The van der Waals surface area contributed by atoms with Gasteiger partial charge >= 0.3 is 0 Å². The van der Waals surface area contributed by atoms with Gasteiger partial charge in [0.2, 0.25) is 5.91 Å². The number of halogens is 2. The maximum absolute atomic E-state index is 13.4. The second kappa shape index (κ2) is 9.43. The predicted molar refractivity (Wildman–Crippen MR) is 119 cm³/mol. The van der Waals surface area contributed by atoms with Gasteiger partial charge in [-0.1, -0.05) is 41.0 Å². The maximum Gasteiger partial charge on any atom is 0.264 e. The summed E-state index contributed by atoms with van der Waals surface area (Å²) in [6.45, 7) is 0. The molecule has 1 N–H and O–H groups in total. The second-order valence-corrected chi connectivity index (χ2v) is 8.33. The molecule has 1 saturated heterocycles. The van der Waals surface area contributed by atoms with Crippen LogP contribution in [0.3, 0.4) is 0 Å². The molecule has 1 atom stereocenters. The summed E-state index contributed by atoms with van der Waals surface area (Å²) in [5, 5.41) is 12.7. The third-order valence-corrected chi connectivity index (χ3v) is 6.32. The van der Waals surface area contributed by atoms with Crippen LogP contribution in [0.2, 0.25) is 10.0 Å². The zero-order valence-electron chi connectivity index (χ0n) is 16.1. The van der Waals surface area contributed by atoms with Crippen LogP contribution in [0.15, 0.2) is 53.1 Å². The first-order chi connectivity index (χ1) is 14.4. The third kappa shape index (κ3) is 4.41. The number of anilines is 1. The fourth-order valence-corrected chi connectivity index (χ4v) is 4.68. The van der Waals surface area contributed by atoms with Gasteiger partial charge < -0.3 is 10.1 Å². The van der Waals surface area contributed by atoms with Crippen molar-refractivity contribution in [3.63, 3.8) is 0 Å². The Morgan fingerprint density at radius 1 is 1.30 bits per heavy atom. The zero-order chi connectivity index (χ0) is 21.8. The largest absolute Gasteiger partial charge is 0.497 e. The summed E-state index contributed by atoms with van der Waals surface area (Å²) in [5.41, 5.74) is 1.07. The molecule has 154 valence electrons. The van der Waals surface area contributed by atoms with Crippen LogP contribution >= 0.6 is 35.0 Å². The Morgan fingerprint density at radius 2 is 2.07 bits per heavy atom. The number of nitrogens with zero attached hydrogens (tertiary/aromatic N) is 2. The van der Waals surface area contributed by atoms with Crippen molar-refractivity contribution >= 4 is 52.5 Å². The molecular weight excluding hydrogens is 445 g/mol. The maximum atomic E-state index is 13.4. The molecule has 1 heterocycles. The lowest BCUT2D eigenvalue weighted by atomic mass is 10.1. The van der Waals surface area contributed by atoms with Crippen molar-refractivity contribution in [2.75, 3.05) is 19.1 Å². The van der Waals surface area contributed by atoms with E-state index in [0.29, 0.717) is 33.5 Å². The lowest BCUT2D eigenvalue weighted by molar-refractivity contribution is -0.117. The Kier molecular flexibility index (Phi) is 6.93. The Morgan fingerprint density at radius 3 is 2.73 bits per heavy atom. The van der Waals surface area contributed by atoms with E-state index in [1.165, 1.54) is 19.1 Å². The lowest BCUT2D eigenvalue weighted by Crippen LogP contribution is -2.31. The van der Waals surface area contributed by atoms with E-state index in [1.807, 2.05) is 6.07 Å². The van der Waals surface area contributed by atoms with Crippen molar-refractivity contribution in [2.24, 2.45) is 0 Å². The number of thioether (sulfide) groups is 1. The van der Waals surface area contributed by atoms with Crippen molar-refractivity contribution in [3.05, 3.63) is 68.7 Å². The molecule has 0 aromatic heterocycles. The van der Waals surface area contributed by atoms with Crippen molar-refractivity contribution in [3.8, 4) is 11.8 Å². The fraction of sp³-hybridized carbons (Fsp3) is 0.190. The summed E-state index contributed by atoms with van der Waals surface area (Å²) >= 11 is 13.5. The Labute approximate surface area is 188 Å². The lowest BCUT2D eigenvalue weighted by Gasteiger charge is -2.19. The minimum Gasteiger partial charge on any atom is -0.497 e. The van der Waals surface area contributed by atoms with Crippen LogP contribution in [-0.4, -0.2) is 31.2 Å². The normalized spacial score (nSPS) is 17.5. The molecule has 0 saturated carbocycles. The molecule has 3 rings (SSSR count). The number of nitriles is 1. The van der Waals surface area contributed by atoms with Gasteiger partial charge in [-0.25, -0.2) is 0 Å². The molecular formula is C21H17Cl2N3O3S. The summed E-state index contributed by atoms with van der Waals surface area (Å²) in [5.74, 6) is -0.289. The van der Waals surface area contributed by atoms with E-state index in [0.717, 1.165) is 11.8 Å². The van der Waals surface area contributed by atoms with Gasteiger partial charge in [0, 0.05) is 23.2 Å². The minimum atomic E-state index is -0.588. The number of amides is 2. The number of carbonyl (C=O) groups is 2. The monoisotopic (exact) mass is 461 g/mol. The number of likely N-dealkylation sites (N-methyl/N-ethyl adjacent to an activating group) is 1. The molecule has 0 spiro atoms. The van der Waals surface area contributed by atoms with Gasteiger partial charge in [-0.05, 0) is 42.3 Å². The second-order valence-electron chi connectivity index (χ2n) is 6.29. The van der Waals surface area contributed by atoms with Crippen molar-refractivity contribution in [1.82, 2.24) is 5.32 Å². The topological polar surface area (TPSA) is 82.4 Å². The van der Waals surface area contributed by atoms with Gasteiger partial charge in [0.25, 0.3) is 5.91 Å². The number of nitrogens with one attached hydrogen (secondary N) is 1. The van der Waals surface area contributed by atoms with Crippen molar-refractivity contribution in [2.45, 2.75) is 11.7 Å². The average Bonchev–Trinajstić information content (AvgIpc) is 3.06. The Hall–Kier alpha value is -2.66. The van der Waals surface area contributed by atoms with E-state index >= 15 is 0 Å². The highest BCUT2D eigenvalue weighted by Crippen LogP contribution is 2.43. The number of hydrogen-bond acceptors (Lipinski definition) is 5. The van der Waals surface area contributed by atoms with Gasteiger partial charge in [0.1, 0.15) is 22.4 Å². The molecule has 6 nitrogen and oxygen atoms in total. The standard InChI is InChI=1S/C21H17Cl2N3O3S/c1-25-19(27)16(11-24)21-26(14-4-3-5-15(10-14)29-2)20(28)18(30-21)9-12-8-13(22)6-7-17(12)23/h3-8,10,18H,9H2,1-2H3,(H,25,27)/b21-16-/t18-/m0/s1.